The van der Waals surface area contributed by atoms with Crippen LogP contribution in [-0.4, -0.2) is 18.7 Å². The number of rotatable bonds is 4. The Morgan fingerprint density at radius 2 is 1.59 bits per heavy atom. The predicted octanol–water partition coefficient (Wildman–Crippen LogP) is 4.86. The minimum atomic E-state index is -4.76. The van der Waals surface area contributed by atoms with Crippen LogP contribution in [0.25, 0.3) is 22.4 Å². The van der Waals surface area contributed by atoms with Gasteiger partial charge >= 0.3 is 6.18 Å². The Balaban J connectivity index is 2.19. The van der Waals surface area contributed by atoms with E-state index in [1.807, 2.05) is 0 Å². The van der Waals surface area contributed by atoms with Crippen LogP contribution in [-0.2, 0) is 23.0 Å². The van der Waals surface area contributed by atoms with Gasteiger partial charge < -0.3 is 4.55 Å². The molecule has 3 aromatic rings. The van der Waals surface area contributed by atoms with E-state index < -0.39 is 23.1 Å². The molecule has 0 amide bonds. The molecule has 9 heteroatoms. The summed E-state index contributed by atoms with van der Waals surface area (Å²) in [7, 11) is 0. The number of halogens is 4. The number of alkyl halides is 3. The molecule has 0 aliphatic carbocycles. The molecular formula is C18H11ClF3N2O2S-. The van der Waals surface area contributed by atoms with Crippen molar-refractivity contribution in [2.45, 2.75) is 11.9 Å². The molecule has 27 heavy (non-hydrogen) atoms. The lowest BCUT2D eigenvalue weighted by atomic mass is 10.00. The fraction of sp³-hybridized carbons (Fsp3) is 0.111. The van der Waals surface area contributed by atoms with E-state index in [2.05, 4.69) is 9.97 Å². The summed E-state index contributed by atoms with van der Waals surface area (Å²) in [5, 5.41) is -0.316. The number of benzene rings is 2. The fourth-order valence-corrected chi connectivity index (χ4v) is 3.27. The molecule has 0 aliphatic rings. The van der Waals surface area contributed by atoms with Gasteiger partial charge in [0.1, 0.15) is 5.15 Å². The normalized spacial score (nSPS) is 12.8. The predicted molar refractivity (Wildman–Crippen MR) is 95.5 cm³/mol. The van der Waals surface area contributed by atoms with Gasteiger partial charge in [0.05, 0.1) is 5.69 Å². The maximum atomic E-state index is 13.2. The zero-order chi connectivity index (χ0) is 19.6. The summed E-state index contributed by atoms with van der Waals surface area (Å²) in [6.07, 6.45) is -4.76. The highest BCUT2D eigenvalue weighted by Gasteiger charge is 2.36. The van der Waals surface area contributed by atoms with Crippen molar-refractivity contribution in [2.75, 3.05) is 0 Å². The fourth-order valence-electron chi connectivity index (χ4n) is 2.52. The molecule has 0 aliphatic heterocycles. The lowest BCUT2D eigenvalue weighted by Crippen LogP contribution is -2.12. The van der Waals surface area contributed by atoms with Crippen molar-refractivity contribution in [2.24, 2.45) is 0 Å². The van der Waals surface area contributed by atoms with Gasteiger partial charge in [0.2, 0.25) is 5.82 Å². The van der Waals surface area contributed by atoms with Crippen molar-refractivity contribution in [3.05, 3.63) is 71.1 Å². The van der Waals surface area contributed by atoms with Crippen molar-refractivity contribution >= 4 is 22.7 Å². The Bertz CT molecular complexity index is 980. The van der Waals surface area contributed by atoms with Gasteiger partial charge in [-0.05, 0) is 11.1 Å². The molecule has 0 N–H and O–H groups in total. The van der Waals surface area contributed by atoms with E-state index in [0.717, 1.165) is 0 Å². The first-order valence-corrected chi connectivity index (χ1v) is 9.23. The van der Waals surface area contributed by atoms with E-state index in [9.17, 15) is 21.9 Å². The summed E-state index contributed by atoms with van der Waals surface area (Å²) in [4.78, 5) is 7.11. The second-order valence-electron chi connectivity index (χ2n) is 5.57. The maximum Gasteiger partial charge on any atom is 0.451 e. The Labute approximate surface area is 160 Å². The second-order valence-corrected chi connectivity index (χ2v) is 6.82. The van der Waals surface area contributed by atoms with Crippen LogP contribution in [0, 0.1) is 0 Å². The Morgan fingerprint density at radius 3 is 2.15 bits per heavy atom. The molecule has 1 aromatic heterocycles. The van der Waals surface area contributed by atoms with Crippen molar-refractivity contribution in [3.63, 3.8) is 0 Å². The first kappa shape index (κ1) is 19.5. The molecule has 0 saturated carbocycles. The third-order valence-corrected chi connectivity index (χ3v) is 4.54. The van der Waals surface area contributed by atoms with Gasteiger partial charge in [-0.1, -0.05) is 77.3 Å². The summed E-state index contributed by atoms with van der Waals surface area (Å²) < 4.78 is 61.1. The zero-order valence-electron chi connectivity index (χ0n) is 13.5. The van der Waals surface area contributed by atoms with Gasteiger partial charge in [0.25, 0.3) is 0 Å². The molecule has 0 bridgehead atoms. The lowest BCUT2D eigenvalue weighted by Gasteiger charge is -2.14. The highest BCUT2D eigenvalue weighted by Crippen LogP contribution is 2.38. The standard InChI is InChI=1S/C18H12ClF3N2O2S/c19-16-14(12-4-2-1-3-5-12)15(23-17(24-16)18(20,21)22)13-8-6-11(7-9-13)10-27(25)26/h1-9H,10H2,(H,25,26)/p-1. The van der Waals surface area contributed by atoms with Gasteiger partial charge in [-0.2, -0.15) is 13.2 Å². The van der Waals surface area contributed by atoms with E-state index >= 15 is 0 Å². The molecule has 1 heterocycles. The van der Waals surface area contributed by atoms with Crippen molar-refractivity contribution in [1.29, 1.82) is 0 Å². The van der Waals surface area contributed by atoms with Crippen LogP contribution in [0.2, 0.25) is 5.15 Å². The minimum absolute atomic E-state index is 0.0170. The highest BCUT2D eigenvalue weighted by atomic mass is 35.5. The number of aromatic nitrogens is 2. The van der Waals surface area contributed by atoms with Gasteiger partial charge in [-0.3, -0.25) is 4.21 Å². The van der Waals surface area contributed by atoms with Crippen molar-refractivity contribution in [3.8, 4) is 22.4 Å². The Morgan fingerprint density at radius 1 is 0.963 bits per heavy atom. The number of nitrogens with zero attached hydrogens (tertiary/aromatic N) is 2. The topological polar surface area (TPSA) is 65.9 Å². The van der Waals surface area contributed by atoms with Crippen molar-refractivity contribution < 1.29 is 21.9 Å². The van der Waals surface area contributed by atoms with E-state index in [0.29, 0.717) is 16.7 Å². The molecule has 4 nitrogen and oxygen atoms in total. The molecular weight excluding hydrogens is 401 g/mol. The third kappa shape index (κ3) is 4.52. The van der Waals surface area contributed by atoms with Crippen LogP contribution in [0.4, 0.5) is 13.2 Å². The summed E-state index contributed by atoms with van der Waals surface area (Å²) in [5.74, 6) is -1.53. The van der Waals surface area contributed by atoms with Crippen LogP contribution in [0.1, 0.15) is 11.4 Å². The van der Waals surface area contributed by atoms with E-state index in [1.165, 1.54) is 24.3 Å². The van der Waals surface area contributed by atoms with Crippen molar-refractivity contribution in [1.82, 2.24) is 9.97 Å². The summed E-state index contributed by atoms with van der Waals surface area (Å²) >= 11 is 3.83. The number of hydrogen-bond donors (Lipinski definition) is 0. The molecule has 1 atom stereocenters. The average Bonchev–Trinajstić information content (AvgIpc) is 2.61. The molecule has 1 unspecified atom stereocenters. The smallest absolute Gasteiger partial charge is 0.451 e. The molecule has 0 fully saturated rings. The zero-order valence-corrected chi connectivity index (χ0v) is 15.1. The van der Waals surface area contributed by atoms with E-state index in [-0.39, 0.29) is 22.2 Å². The van der Waals surface area contributed by atoms with E-state index in [4.69, 9.17) is 11.6 Å². The Hall–Kier alpha value is -2.29. The molecule has 3 rings (SSSR count). The third-order valence-electron chi connectivity index (χ3n) is 3.69. The van der Waals surface area contributed by atoms with Crippen LogP contribution >= 0.6 is 11.6 Å². The summed E-state index contributed by atoms with van der Waals surface area (Å²) in [6.45, 7) is 0. The average molecular weight is 412 g/mol. The quantitative estimate of drug-likeness (QED) is 0.454. The van der Waals surface area contributed by atoms with E-state index in [1.54, 1.807) is 30.3 Å². The minimum Gasteiger partial charge on any atom is -0.772 e. The van der Waals surface area contributed by atoms with Crippen LogP contribution < -0.4 is 0 Å². The largest absolute Gasteiger partial charge is 0.772 e. The first-order chi connectivity index (χ1) is 12.8. The maximum absolute atomic E-state index is 13.2. The summed E-state index contributed by atoms with van der Waals surface area (Å²) in [5.41, 5.74) is 1.72. The monoisotopic (exact) mass is 411 g/mol. The molecule has 0 saturated heterocycles. The highest BCUT2D eigenvalue weighted by molar-refractivity contribution is 7.78. The lowest BCUT2D eigenvalue weighted by molar-refractivity contribution is -0.144. The van der Waals surface area contributed by atoms with Crippen LogP contribution in [0.15, 0.2) is 54.6 Å². The SMILES string of the molecule is O=S([O-])Cc1ccc(-c2nc(C(F)(F)F)nc(Cl)c2-c2ccccc2)cc1. The summed E-state index contributed by atoms with van der Waals surface area (Å²) in [6, 6.07) is 14.6. The molecule has 0 spiro atoms. The first-order valence-electron chi connectivity index (χ1n) is 7.61. The van der Waals surface area contributed by atoms with Gasteiger partial charge in [-0.15, -0.1) is 0 Å². The number of hydrogen-bond acceptors (Lipinski definition) is 4. The van der Waals surface area contributed by atoms with Crippen LogP contribution in [0.3, 0.4) is 0 Å². The second kappa shape index (κ2) is 7.75. The molecule has 140 valence electrons. The Kier molecular flexibility index (Phi) is 5.59. The molecule has 0 radical (unpaired) electrons. The van der Waals surface area contributed by atoms with Gasteiger partial charge in [0.15, 0.2) is 0 Å². The van der Waals surface area contributed by atoms with Gasteiger partial charge in [0, 0.05) is 16.9 Å². The van der Waals surface area contributed by atoms with Gasteiger partial charge in [-0.25, -0.2) is 9.97 Å². The molecule has 2 aromatic carbocycles. The van der Waals surface area contributed by atoms with Crippen LogP contribution in [0.5, 0.6) is 0 Å².